The Morgan fingerprint density at radius 3 is 2.65 bits per heavy atom. The number of halogens is 3. The highest BCUT2D eigenvalue weighted by Gasteiger charge is 2.14. The maximum absolute atomic E-state index is 13.7. The molecule has 0 aliphatic rings. The van der Waals surface area contributed by atoms with Gasteiger partial charge < -0.3 is 9.47 Å². The van der Waals surface area contributed by atoms with Crippen molar-refractivity contribution in [3.05, 3.63) is 29.6 Å². The molecule has 0 aliphatic carbocycles. The third-order valence-corrected chi connectivity index (χ3v) is 3.45. The van der Waals surface area contributed by atoms with Crippen LogP contribution < -0.4 is 0 Å². The first-order valence-corrected chi connectivity index (χ1v) is 7.11. The maximum atomic E-state index is 13.7. The minimum absolute atomic E-state index is 0.184. The van der Waals surface area contributed by atoms with Gasteiger partial charge >= 0.3 is 0 Å². The molecule has 0 radical (unpaired) electrons. The zero-order chi connectivity index (χ0) is 14.7. The van der Waals surface area contributed by atoms with Gasteiger partial charge in [0.1, 0.15) is 17.2 Å². The third kappa shape index (κ3) is 3.27. The van der Waals surface area contributed by atoms with Crippen LogP contribution in [0.5, 0.6) is 0 Å². The molecular weight excluding hydrogens is 284 g/mol. The predicted octanol–water partition coefficient (Wildman–Crippen LogP) is 3.40. The summed E-state index contributed by atoms with van der Waals surface area (Å²) in [5, 5.41) is 0. The molecule has 1 aromatic heterocycles. The first-order chi connectivity index (χ1) is 9.52. The number of hydrogen-bond donors (Lipinski definition) is 0. The third-order valence-electron chi connectivity index (χ3n) is 3.21. The summed E-state index contributed by atoms with van der Waals surface area (Å²) in [4.78, 5) is 6.27. The van der Waals surface area contributed by atoms with Gasteiger partial charge in [-0.1, -0.05) is 0 Å². The topological polar surface area (TPSA) is 21.1 Å². The lowest BCUT2D eigenvalue weighted by Crippen LogP contribution is -2.13. The molecule has 0 fully saturated rings. The van der Waals surface area contributed by atoms with E-state index < -0.39 is 11.6 Å². The average Bonchev–Trinajstić information content (AvgIpc) is 2.73. The number of aromatic nitrogens is 2. The highest BCUT2D eigenvalue weighted by atomic mass is 35.5. The highest BCUT2D eigenvalue weighted by Crippen LogP contribution is 2.22. The number of hydrogen-bond acceptors (Lipinski definition) is 2. The van der Waals surface area contributed by atoms with Crippen LogP contribution in [0.3, 0.4) is 0 Å². The van der Waals surface area contributed by atoms with Crippen molar-refractivity contribution in [2.24, 2.45) is 0 Å². The summed E-state index contributed by atoms with van der Waals surface area (Å²) in [6.45, 7) is 1.64. The highest BCUT2D eigenvalue weighted by molar-refractivity contribution is 6.16. The molecule has 2 rings (SSSR count). The predicted molar refractivity (Wildman–Crippen MR) is 77.0 cm³/mol. The lowest BCUT2D eigenvalue weighted by atomic mass is 10.2. The molecule has 110 valence electrons. The van der Waals surface area contributed by atoms with Gasteiger partial charge in [0.25, 0.3) is 0 Å². The largest absolute Gasteiger partial charge is 0.327 e. The number of benzene rings is 1. The number of aryl methyl sites for hydroxylation is 1. The minimum atomic E-state index is -0.640. The van der Waals surface area contributed by atoms with Crippen molar-refractivity contribution < 1.29 is 8.78 Å². The van der Waals surface area contributed by atoms with Crippen LogP contribution in [0.2, 0.25) is 0 Å². The van der Waals surface area contributed by atoms with E-state index in [4.69, 9.17) is 11.6 Å². The van der Waals surface area contributed by atoms with Crippen molar-refractivity contribution in [3.8, 4) is 0 Å². The minimum Gasteiger partial charge on any atom is -0.327 e. The van der Waals surface area contributed by atoms with Gasteiger partial charge in [-0.15, -0.1) is 11.6 Å². The Labute approximate surface area is 122 Å². The van der Waals surface area contributed by atoms with Gasteiger partial charge in [0, 0.05) is 12.6 Å². The normalized spacial score (nSPS) is 11.7. The fraction of sp³-hybridized carbons (Fsp3) is 0.500. The zero-order valence-corrected chi connectivity index (χ0v) is 12.4. The van der Waals surface area contributed by atoms with Gasteiger partial charge in [0.2, 0.25) is 0 Å². The van der Waals surface area contributed by atoms with Crippen LogP contribution in [0.4, 0.5) is 8.78 Å². The Bertz CT molecular complexity index is 596. The van der Waals surface area contributed by atoms with Gasteiger partial charge in [0.15, 0.2) is 5.82 Å². The van der Waals surface area contributed by atoms with E-state index in [0.29, 0.717) is 17.9 Å². The van der Waals surface area contributed by atoms with E-state index in [9.17, 15) is 8.78 Å². The molecule has 0 unspecified atom stereocenters. The van der Waals surface area contributed by atoms with E-state index in [1.807, 2.05) is 18.7 Å². The van der Waals surface area contributed by atoms with Crippen LogP contribution in [0.15, 0.2) is 12.1 Å². The smallest absolute Gasteiger partial charge is 0.153 e. The number of nitrogens with zero attached hydrogens (tertiary/aromatic N) is 3. The van der Waals surface area contributed by atoms with Crippen LogP contribution in [-0.2, 0) is 12.4 Å². The summed E-state index contributed by atoms with van der Waals surface area (Å²) in [5.41, 5.74) is 0.665. The Morgan fingerprint density at radius 2 is 2.00 bits per heavy atom. The summed E-state index contributed by atoms with van der Waals surface area (Å²) < 4.78 is 28.9. The molecule has 0 N–H and O–H groups in total. The maximum Gasteiger partial charge on any atom is 0.153 e. The summed E-state index contributed by atoms with van der Waals surface area (Å²) in [5.74, 6) is -0.469. The van der Waals surface area contributed by atoms with Crippen LogP contribution in [0, 0.1) is 11.6 Å². The Kier molecular flexibility index (Phi) is 4.94. The quantitative estimate of drug-likeness (QED) is 0.602. The molecule has 2 aromatic rings. The summed E-state index contributed by atoms with van der Waals surface area (Å²) in [7, 11) is 4.03. The van der Waals surface area contributed by atoms with Crippen LogP contribution in [0.25, 0.3) is 11.0 Å². The Hall–Kier alpha value is -1.20. The van der Waals surface area contributed by atoms with Crippen LogP contribution in [-0.4, -0.2) is 35.1 Å². The molecule has 0 saturated carbocycles. The number of fused-ring (bicyclic) bond motifs is 1. The SMILES string of the molecule is CN(C)CCCCn1c(CCl)nc2c(F)cc(F)cc21. The first-order valence-electron chi connectivity index (χ1n) is 6.57. The van der Waals surface area contributed by atoms with Crippen molar-refractivity contribution in [1.29, 1.82) is 0 Å². The van der Waals surface area contributed by atoms with Crippen molar-refractivity contribution in [2.75, 3.05) is 20.6 Å². The van der Waals surface area contributed by atoms with E-state index in [0.717, 1.165) is 25.5 Å². The van der Waals surface area contributed by atoms with Crippen LogP contribution >= 0.6 is 11.6 Å². The molecule has 6 heteroatoms. The standard InChI is InChI=1S/C14H18ClF2N3/c1-19(2)5-3-4-6-20-12-8-10(16)7-11(17)14(12)18-13(20)9-15/h7-8H,3-6,9H2,1-2H3. The number of rotatable bonds is 6. The summed E-state index contributed by atoms with van der Waals surface area (Å²) in [6, 6.07) is 2.16. The first kappa shape index (κ1) is 15.2. The second kappa shape index (κ2) is 6.50. The van der Waals surface area contributed by atoms with Crippen molar-refractivity contribution in [1.82, 2.24) is 14.5 Å². The molecule has 1 aromatic carbocycles. The van der Waals surface area contributed by atoms with E-state index >= 15 is 0 Å². The van der Waals surface area contributed by atoms with Crippen LogP contribution in [0.1, 0.15) is 18.7 Å². The molecule has 1 heterocycles. The number of unbranched alkanes of at least 4 members (excludes halogenated alkanes) is 1. The molecule has 0 atom stereocenters. The second-order valence-electron chi connectivity index (χ2n) is 5.08. The molecule has 0 amide bonds. The fourth-order valence-corrected chi connectivity index (χ4v) is 2.45. The van der Waals surface area contributed by atoms with E-state index in [1.165, 1.54) is 6.07 Å². The summed E-state index contributed by atoms with van der Waals surface area (Å²) >= 11 is 5.85. The van der Waals surface area contributed by atoms with Gasteiger partial charge in [-0.3, -0.25) is 0 Å². The molecule has 20 heavy (non-hydrogen) atoms. The Morgan fingerprint density at radius 1 is 1.25 bits per heavy atom. The fourth-order valence-electron chi connectivity index (χ4n) is 2.25. The van der Waals surface area contributed by atoms with Gasteiger partial charge in [-0.2, -0.15) is 0 Å². The van der Waals surface area contributed by atoms with Gasteiger partial charge in [-0.05, 0) is 39.5 Å². The summed E-state index contributed by atoms with van der Waals surface area (Å²) in [6.07, 6.45) is 1.91. The van der Waals surface area contributed by atoms with E-state index in [-0.39, 0.29) is 11.4 Å². The van der Waals surface area contributed by atoms with Gasteiger partial charge in [-0.25, -0.2) is 13.8 Å². The monoisotopic (exact) mass is 301 g/mol. The average molecular weight is 302 g/mol. The second-order valence-corrected chi connectivity index (χ2v) is 5.35. The molecule has 0 aliphatic heterocycles. The van der Waals surface area contributed by atoms with Crippen molar-refractivity contribution >= 4 is 22.6 Å². The van der Waals surface area contributed by atoms with Crippen molar-refractivity contribution in [3.63, 3.8) is 0 Å². The molecule has 0 bridgehead atoms. The van der Waals surface area contributed by atoms with E-state index in [2.05, 4.69) is 9.88 Å². The lowest BCUT2D eigenvalue weighted by Gasteiger charge is -2.11. The lowest BCUT2D eigenvalue weighted by molar-refractivity contribution is 0.388. The molecular formula is C14H18ClF2N3. The van der Waals surface area contributed by atoms with Gasteiger partial charge in [0.05, 0.1) is 11.4 Å². The van der Waals surface area contributed by atoms with E-state index in [1.54, 1.807) is 0 Å². The Balaban J connectivity index is 2.26. The number of imidazole rings is 1. The van der Waals surface area contributed by atoms with Crippen molar-refractivity contribution in [2.45, 2.75) is 25.3 Å². The molecule has 3 nitrogen and oxygen atoms in total. The number of alkyl halides is 1. The zero-order valence-electron chi connectivity index (χ0n) is 11.7. The molecule has 0 saturated heterocycles. The molecule has 0 spiro atoms.